The van der Waals surface area contributed by atoms with Crippen LogP contribution >= 0.6 is 0 Å². The van der Waals surface area contributed by atoms with Crippen molar-refractivity contribution in [2.24, 2.45) is 0 Å². The summed E-state index contributed by atoms with van der Waals surface area (Å²) in [6.45, 7) is 4.68. The van der Waals surface area contributed by atoms with Crippen molar-refractivity contribution >= 4 is 32.7 Å². The molecule has 2 nitrogen and oxygen atoms in total. The number of aromatic amines is 1. The van der Waals surface area contributed by atoms with Gasteiger partial charge in [0.2, 0.25) is 0 Å². The zero-order valence-electron chi connectivity index (χ0n) is 14.3. The lowest BCUT2D eigenvalue weighted by Crippen LogP contribution is -2.26. The fraction of sp³-hybridized carbons (Fsp3) is 0.130. The predicted molar refractivity (Wildman–Crippen MR) is 105 cm³/mol. The second-order valence-corrected chi connectivity index (χ2v) is 7.61. The van der Waals surface area contributed by atoms with Crippen LogP contribution in [0.15, 0.2) is 66.9 Å². The molecule has 3 aromatic carbocycles. The molecule has 0 saturated carbocycles. The maximum atomic E-state index is 3.36. The SMILES string of the molecule is CC1(C)c2ccccc2-n2c3cc4cc[nH]c4cc3c3cccc1c32. The van der Waals surface area contributed by atoms with Gasteiger partial charge in [-0.1, -0.05) is 50.2 Å². The molecule has 1 aliphatic heterocycles. The van der Waals surface area contributed by atoms with Crippen molar-refractivity contribution in [2.45, 2.75) is 19.3 Å². The number of hydrogen-bond acceptors (Lipinski definition) is 0. The van der Waals surface area contributed by atoms with Gasteiger partial charge >= 0.3 is 0 Å². The van der Waals surface area contributed by atoms with Crippen molar-refractivity contribution in [3.05, 3.63) is 78.0 Å². The molecule has 3 heterocycles. The number of para-hydroxylation sites is 2. The van der Waals surface area contributed by atoms with E-state index in [4.69, 9.17) is 0 Å². The van der Waals surface area contributed by atoms with E-state index in [1.807, 2.05) is 6.20 Å². The van der Waals surface area contributed by atoms with Gasteiger partial charge in [0, 0.05) is 33.3 Å². The monoisotopic (exact) mass is 322 g/mol. The number of rotatable bonds is 0. The van der Waals surface area contributed by atoms with E-state index < -0.39 is 0 Å². The fourth-order valence-corrected chi connectivity index (χ4v) is 4.71. The first-order valence-corrected chi connectivity index (χ1v) is 8.81. The van der Waals surface area contributed by atoms with Crippen LogP contribution in [0.3, 0.4) is 0 Å². The van der Waals surface area contributed by atoms with Crippen molar-refractivity contribution in [1.29, 1.82) is 0 Å². The highest BCUT2D eigenvalue weighted by atomic mass is 15.0. The Balaban J connectivity index is 1.96. The molecular weight excluding hydrogens is 304 g/mol. The molecule has 2 heteroatoms. The van der Waals surface area contributed by atoms with Crippen LogP contribution in [0, 0.1) is 0 Å². The van der Waals surface area contributed by atoms with Crippen LogP contribution in [0.2, 0.25) is 0 Å². The molecular formula is C23H18N2. The van der Waals surface area contributed by atoms with Crippen molar-refractivity contribution in [3.8, 4) is 5.69 Å². The second-order valence-electron chi connectivity index (χ2n) is 7.61. The van der Waals surface area contributed by atoms with Gasteiger partial charge in [-0.3, -0.25) is 0 Å². The lowest BCUT2D eigenvalue weighted by molar-refractivity contribution is 0.630. The summed E-state index contributed by atoms with van der Waals surface area (Å²) in [5.41, 5.74) is 7.95. The van der Waals surface area contributed by atoms with Crippen LogP contribution in [-0.4, -0.2) is 9.55 Å². The predicted octanol–water partition coefficient (Wildman–Crippen LogP) is 5.90. The van der Waals surface area contributed by atoms with Gasteiger partial charge in [-0.2, -0.15) is 0 Å². The van der Waals surface area contributed by atoms with Crippen LogP contribution in [0.5, 0.6) is 0 Å². The van der Waals surface area contributed by atoms with Crippen molar-refractivity contribution < 1.29 is 0 Å². The molecule has 1 N–H and O–H groups in total. The van der Waals surface area contributed by atoms with Gasteiger partial charge in [0.15, 0.2) is 0 Å². The molecule has 0 saturated heterocycles. The van der Waals surface area contributed by atoms with E-state index in [9.17, 15) is 0 Å². The average Bonchev–Trinajstić information content (AvgIpc) is 3.20. The van der Waals surface area contributed by atoms with Crippen molar-refractivity contribution in [2.75, 3.05) is 0 Å². The van der Waals surface area contributed by atoms with E-state index in [0.717, 1.165) is 0 Å². The third-order valence-electron chi connectivity index (χ3n) is 5.95. The highest BCUT2D eigenvalue weighted by Crippen LogP contribution is 2.47. The Morgan fingerprint density at radius 2 is 1.68 bits per heavy atom. The van der Waals surface area contributed by atoms with Crippen LogP contribution in [0.25, 0.3) is 38.4 Å². The summed E-state index contributed by atoms with van der Waals surface area (Å²) in [5, 5.41) is 3.92. The minimum Gasteiger partial charge on any atom is -0.361 e. The van der Waals surface area contributed by atoms with Crippen molar-refractivity contribution in [1.82, 2.24) is 9.55 Å². The quantitative estimate of drug-likeness (QED) is 0.366. The Morgan fingerprint density at radius 1 is 0.840 bits per heavy atom. The van der Waals surface area contributed by atoms with E-state index in [1.165, 1.54) is 49.5 Å². The topological polar surface area (TPSA) is 20.7 Å². The Labute approximate surface area is 145 Å². The Kier molecular flexibility index (Phi) is 2.21. The van der Waals surface area contributed by atoms with Gasteiger partial charge in [0.1, 0.15) is 0 Å². The third-order valence-corrected chi connectivity index (χ3v) is 5.95. The minimum absolute atomic E-state index is 0.00135. The van der Waals surface area contributed by atoms with Crippen LogP contribution in [-0.2, 0) is 5.41 Å². The molecule has 0 bridgehead atoms. The molecule has 0 spiro atoms. The van der Waals surface area contributed by atoms with E-state index in [-0.39, 0.29) is 5.41 Å². The summed E-state index contributed by atoms with van der Waals surface area (Å²) < 4.78 is 2.47. The summed E-state index contributed by atoms with van der Waals surface area (Å²) in [5.74, 6) is 0. The summed E-state index contributed by atoms with van der Waals surface area (Å²) in [6, 6.07) is 22.4. The molecule has 0 fully saturated rings. The maximum Gasteiger partial charge on any atom is 0.0582 e. The zero-order chi connectivity index (χ0) is 16.8. The molecule has 0 amide bonds. The molecule has 120 valence electrons. The smallest absolute Gasteiger partial charge is 0.0582 e. The number of H-pyrrole nitrogens is 1. The summed E-state index contributed by atoms with van der Waals surface area (Å²) in [4.78, 5) is 3.36. The third kappa shape index (κ3) is 1.46. The normalized spacial score (nSPS) is 15.1. The number of nitrogens with one attached hydrogen (secondary N) is 1. The Bertz CT molecular complexity index is 1310. The molecule has 0 unspecified atom stereocenters. The molecule has 5 aromatic rings. The second kappa shape index (κ2) is 4.15. The number of aromatic nitrogens is 2. The van der Waals surface area contributed by atoms with Crippen LogP contribution < -0.4 is 0 Å². The van der Waals surface area contributed by atoms with E-state index in [1.54, 1.807) is 0 Å². The van der Waals surface area contributed by atoms with Crippen LogP contribution in [0.1, 0.15) is 25.0 Å². The Hall–Kier alpha value is -3.00. The zero-order valence-corrected chi connectivity index (χ0v) is 14.3. The first-order valence-electron chi connectivity index (χ1n) is 8.81. The van der Waals surface area contributed by atoms with Gasteiger partial charge < -0.3 is 9.55 Å². The van der Waals surface area contributed by atoms with Crippen molar-refractivity contribution in [3.63, 3.8) is 0 Å². The molecule has 1 aliphatic rings. The van der Waals surface area contributed by atoms with Gasteiger partial charge in [0.05, 0.1) is 16.7 Å². The first kappa shape index (κ1) is 13.3. The number of nitrogens with zero attached hydrogens (tertiary/aromatic N) is 1. The van der Waals surface area contributed by atoms with Gasteiger partial charge in [-0.25, -0.2) is 0 Å². The number of benzene rings is 3. The van der Waals surface area contributed by atoms with Gasteiger partial charge in [0.25, 0.3) is 0 Å². The highest BCUT2D eigenvalue weighted by molar-refractivity contribution is 6.14. The van der Waals surface area contributed by atoms with Gasteiger partial charge in [-0.15, -0.1) is 0 Å². The molecule has 0 aliphatic carbocycles. The summed E-state index contributed by atoms with van der Waals surface area (Å²) in [7, 11) is 0. The molecule has 0 atom stereocenters. The maximum absolute atomic E-state index is 3.36. The first-order chi connectivity index (χ1) is 12.2. The molecule has 2 aromatic heterocycles. The Morgan fingerprint density at radius 3 is 2.60 bits per heavy atom. The molecule has 0 radical (unpaired) electrons. The molecule has 25 heavy (non-hydrogen) atoms. The number of hydrogen-bond donors (Lipinski definition) is 1. The average molecular weight is 322 g/mol. The van der Waals surface area contributed by atoms with E-state index in [0.29, 0.717) is 0 Å². The number of fused-ring (bicyclic) bond motifs is 6. The van der Waals surface area contributed by atoms with Crippen LogP contribution in [0.4, 0.5) is 0 Å². The fourth-order valence-electron chi connectivity index (χ4n) is 4.71. The summed E-state index contributed by atoms with van der Waals surface area (Å²) >= 11 is 0. The molecule has 6 rings (SSSR count). The van der Waals surface area contributed by atoms with E-state index >= 15 is 0 Å². The lowest BCUT2D eigenvalue weighted by Gasteiger charge is -2.34. The summed E-state index contributed by atoms with van der Waals surface area (Å²) in [6.07, 6.45) is 2.02. The lowest BCUT2D eigenvalue weighted by atomic mass is 9.75. The standard InChI is InChI=1S/C23H18N2/c1-23(2)17-7-3-4-9-20(17)25-21-12-14-10-11-24-19(14)13-16(21)15-6-5-8-18(23)22(15)25/h3-13,24H,1-2H3. The minimum atomic E-state index is 0.00135. The largest absolute Gasteiger partial charge is 0.361 e. The highest BCUT2D eigenvalue weighted by Gasteiger charge is 2.34. The van der Waals surface area contributed by atoms with Gasteiger partial charge in [-0.05, 0) is 35.4 Å². The van der Waals surface area contributed by atoms with E-state index in [2.05, 4.69) is 84.1 Å².